The van der Waals surface area contributed by atoms with Crippen molar-refractivity contribution in [3.8, 4) is 5.75 Å². The molecule has 25 heavy (non-hydrogen) atoms. The molecule has 0 fully saturated rings. The predicted molar refractivity (Wildman–Crippen MR) is 103 cm³/mol. The van der Waals surface area contributed by atoms with Crippen LogP contribution in [0.15, 0.2) is 60.3 Å². The largest absolute Gasteiger partial charge is 0.492 e. The van der Waals surface area contributed by atoms with Crippen LogP contribution in [0.1, 0.15) is 19.4 Å². The van der Waals surface area contributed by atoms with Gasteiger partial charge in [0.25, 0.3) is 0 Å². The summed E-state index contributed by atoms with van der Waals surface area (Å²) in [5.41, 5.74) is 2.93. The molecule has 0 bridgehead atoms. The quantitative estimate of drug-likeness (QED) is 0.558. The highest BCUT2D eigenvalue weighted by atomic mass is 35.5. The normalized spacial score (nSPS) is 11.7. The zero-order chi connectivity index (χ0) is 17.8. The number of hydrogen-bond donors (Lipinski definition) is 0. The summed E-state index contributed by atoms with van der Waals surface area (Å²) in [5.74, 6) is 0.885. The number of ketones is 1. The summed E-state index contributed by atoms with van der Waals surface area (Å²) in [6.07, 6.45) is 4.02. The molecule has 4 heteroatoms. The molecule has 3 rings (SSSR count). The second-order valence-electron chi connectivity index (χ2n) is 5.98. The lowest BCUT2D eigenvalue weighted by molar-refractivity contribution is -0.113. The molecule has 0 radical (unpaired) electrons. The third-order valence-electron chi connectivity index (χ3n) is 4.16. The minimum atomic E-state index is 0.0860. The van der Waals surface area contributed by atoms with Gasteiger partial charge in [-0.1, -0.05) is 29.8 Å². The number of halogens is 1. The van der Waals surface area contributed by atoms with Crippen LogP contribution in [0.4, 0.5) is 0 Å². The van der Waals surface area contributed by atoms with Crippen LogP contribution in [0.5, 0.6) is 5.75 Å². The summed E-state index contributed by atoms with van der Waals surface area (Å²) in [4.78, 5) is 11.5. The van der Waals surface area contributed by atoms with Crippen molar-refractivity contribution in [2.45, 2.75) is 20.4 Å². The first-order valence-corrected chi connectivity index (χ1v) is 8.58. The molecule has 3 aromatic rings. The van der Waals surface area contributed by atoms with Crippen LogP contribution >= 0.6 is 11.6 Å². The summed E-state index contributed by atoms with van der Waals surface area (Å²) in [6, 6.07) is 15.5. The van der Waals surface area contributed by atoms with Crippen LogP contribution in [0.3, 0.4) is 0 Å². The van der Waals surface area contributed by atoms with Gasteiger partial charge in [0.2, 0.25) is 0 Å². The molecule has 3 nitrogen and oxygen atoms in total. The average molecular weight is 354 g/mol. The lowest BCUT2D eigenvalue weighted by Crippen LogP contribution is -2.07. The average Bonchev–Trinajstić information content (AvgIpc) is 2.95. The second kappa shape index (κ2) is 7.58. The highest BCUT2D eigenvalue weighted by Gasteiger charge is 2.08. The first-order chi connectivity index (χ1) is 12.0. The Kier molecular flexibility index (Phi) is 5.25. The van der Waals surface area contributed by atoms with E-state index in [1.165, 1.54) is 0 Å². The molecule has 0 aliphatic rings. The first-order valence-electron chi connectivity index (χ1n) is 8.20. The van der Waals surface area contributed by atoms with Gasteiger partial charge in [-0.05, 0) is 55.8 Å². The topological polar surface area (TPSA) is 31.2 Å². The second-order valence-corrected chi connectivity index (χ2v) is 6.42. The van der Waals surface area contributed by atoms with Crippen LogP contribution in [-0.4, -0.2) is 17.0 Å². The molecule has 0 spiro atoms. The Bertz CT molecular complexity index is 923. The van der Waals surface area contributed by atoms with Crippen LogP contribution in [0, 0.1) is 0 Å². The molecule has 0 amide bonds. The van der Waals surface area contributed by atoms with Crippen LogP contribution in [0.2, 0.25) is 5.02 Å². The molecular formula is C21H20ClNO2. The number of hydrogen-bond acceptors (Lipinski definition) is 2. The van der Waals surface area contributed by atoms with E-state index in [9.17, 15) is 4.79 Å². The minimum Gasteiger partial charge on any atom is -0.492 e. The number of benzene rings is 2. The zero-order valence-electron chi connectivity index (χ0n) is 14.3. The summed E-state index contributed by atoms with van der Waals surface area (Å²) in [5, 5.41) is 1.83. The summed E-state index contributed by atoms with van der Waals surface area (Å²) in [6.45, 7) is 4.70. The molecule has 0 saturated carbocycles. The Balaban J connectivity index is 1.80. The molecule has 0 aliphatic heterocycles. The third-order valence-corrected chi connectivity index (χ3v) is 4.41. The van der Waals surface area contributed by atoms with Gasteiger partial charge in [-0.25, -0.2) is 0 Å². The van der Waals surface area contributed by atoms with E-state index in [1.807, 2.05) is 49.4 Å². The fraction of sp³-hybridized carbons (Fsp3) is 0.190. The van der Waals surface area contributed by atoms with Crippen LogP contribution < -0.4 is 4.74 Å². The molecule has 2 aromatic carbocycles. The van der Waals surface area contributed by atoms with Gasteiger partial charge < -0.3 is 9.30 Å². The van der Waals surface area contributed by atoms with Crippen molar-refractivity contribution in [3.05, 3.63) is 70.9 Å². The molecule has 0 atom stereocenters. The molecule has 0 N–H and O–H groups in total. The van der Waals surface area contributed by atoms with E-state index in [4.69, 9.17) is 16.3 Å². The van der Waals surface area contributed by atoms with Crippen molar-refractivity contribution < 1.29 is 9.53 Å². The van der Waals surface area contributed by atoms with Gasteiger partial charge in [0.05, 0.1) is 6.54 Å². The van der Waals surface area contributed by atoms with E-state index in [2.05, 4.69) is 22.9 Å². The fourth-order valence-corrected chi connectivity index (χ4v) is 2.83. The molecule has 1 aromatic heterocycles. The van der Waals surface area contributed by atoms with Crippen molar-refractivity contribution in [2.75, 3.05) is 6.61 Å². The molecule has 0 aliphatic carbocycles. The molecule has 1 heterocycles. The number of aromatic nitrogens is 1. The number of allylic oxidation sites excluding steroid dienone is 1. The van der Waals surface area contributed by atoms with Crippen molar-refractivity contribution in [2.24, 2.45) is 0 Å². The van der Waals surface area contributed by atoms with Crippen LogP contribution in [-0.2, 0) is 11.3 Å². The number of fused-ring (bicyclic) bond motifs is 1. The lowest BCUT2D eigenvalue weighted by atomic mass is 10.1. The zero-order valence-corrected chi connectivity index (χ0v) is 15.1. The van der Waals surface area contributed by atoms with E-state index in [1.54, 1.807) is 6.92 Å². The van der Waals surface area contributed by atoms with E-state index in [0.717, 1.165) is 34.3 Å². The van der Waals surface area contributed by atoms with Gasteiger partial charge in [-0.15, -0.1) is 0 Å². The maximum Gasteiger partial charge on any atom is 0.155 e. The Morgan fingerprint density at radius 3 is 2.56 bits per heavy atom. The van der Waals surface area contributed by atoms with E-state index < -0.39 is 0 Å². The van der Waals surface area contributed by atoms with Gasteiger partial charge in [-0.3, -0.25) is 4.79 Å². The Morgan fingerprint density at radius 1 is 1.12 bits per heavy atom. The third kappa shape index (κ3) is 4.12. The predicted octanol–water partition coefficient (Wildman–Crippen LogP) is 5.37. The minimum absolute atomic E-state index is 0.0860. The van der Waals surface area contributed by atoms with Gasteiger partial charge in [0, 0.05) is 27.7 Å². The Morgan fingerprint density at radius 2 is 1.84 bits per heavy atom. The maximum absolute atomic E-state index is 11.5. The van der Waals surface area contributed by atoms with Gasteiger partial charge >= 0.3 is 0 Å². The Labute approximate surface area is 152 Å². The standard InChI is InChI=1S/C21H20ClNO2/c1-15(16(2)24)13-17-14-23(21-6-4-3-5-20(17)21)11-12-25-19-9-7-18(22)8-10-19/h3-10,13-14H,11-12H2,1-2H3/b15-13-. The highest BCUT2D eigenvalue weighted by Crippen LogP contribution is 2.24. The number of nitrogens with zero attached hydrogens (tertiary/aromatic N) is 1. The summed E-state index contributed by atoms with van der Waals surface area (Å²) in [7, 11) is 0. The number of para-hydroxylation sites is 1. The number of Topliss-reactive ketones (excluding diaryl/α,β-unsaturated/α-hetero) is 1. The first kappa shape index (κ1) is 17.3. The molecule has 0 unspecified atom stereocenters. The van der Waals surface area contributed by atoms with Gasteiger partial charge in [0.15, 0.2) is 5.78 Å². The maximum atomic E-state index is 11.5. The van der Waals surface area contributed by atoms with Gasteiger partial charge in [-0.2, -0.15) is 0 Å². The molecule has 0 saturated heterocycles. The number of carbonyl (C=O) groups is 1. The fourth-order valence-electron chi connectivity index (χ4n) is 2.70. The van der Waals surface area contributed by atoms with E-state index in [0.29, 0.717) is 11.6 Å². The summed E-state index contributed by atoms with van der Waals surface area (Å²) >= 11 is 5.88. The van der Waals surface area contributed by atoms with Gasteiger partial charge in [0.1, 0.15) is 12.4 Å². The lowest BCUT2D eigenvalue weighted by Gasteiger charge is -2.08. The molecule has 128 valence electrons. The number of ether oxygens (including phenoxy) is 1. The van der Waals surface area contributed by atoms with Crippen LogP contribution in [0.25, 0.3) is 17.0 Å². The van der Waals surface area contributed by atoms with Crippen molar-refractivity contribution in [1.82, 2.24) is 4.57 Å². The monoisotopic (exact) mass is 353 g/mol. The van der Waals surface area contributed by atoms with Crippen molar-refractivity contribution in [3.63, 3.8) is 0 Å². The Hall–Kier alpha value is -2.52. The highest BCUT2D eigenvalue weighted by molar-refractivity contribution is 6.30. The number of rotatable bonds is 6. The number of carbonyl (C=O) groups excluding carboxylic acids is 1. The SMILES string of the molecule is CC(=O)/C(C)=C\c1cn(CCOc2ccc(Cl)cc2)c2ccccc12. The van der Waals surface area contributed by atoms with Crippen molar-refractivity contribution >= 4 is 34.4 Å². The molecular weight excluding hydrogens is 334 g/mol. The van der Waals surface area contributed by atoms with E-state index >= 15 is 0 Å². The van der Waals surface area contributed by atoms with Crippen molar-refractivity contribution in [1.29, 1.82) is 0 Å². The smallest absolute Gasteiger partial charge is 0.155 e. The summed E-state index contributed by atoms with van der Waals surface area (Å²) < 4.78 is 7.95. The van der Waals surface area contributed by atoms with E-state index in [-0.39, 0.29) is 5.78 Å².